The van der Waals surface area contributed by atoms with Crippen molar-refractivity contribution in [2.45, 2.75) is 31.7 Å². The van der Waals surface area contributed by atoms with E-state index in [9.17, 15) is 13.2 Å². The van der Waals surface area contributed by atoms with Crippen LogP contribution in [0, 0.1) is 5.92 Å². The Labute approximate surface area is 126 Å². The zero-order valence-electron chi connectivity index (χ0n) is 12.7. The fraction of sp³-hybridized carbons (Fsp3) is 0.923. The number of carbonyl (C=O) groups excluding carboxylic acids is 1. The molecule has 2 atom stereocenters. The molecule has 0 unspecified atom stereocenters. The maximum atomic E-state index is 12.2. The highest BCUT2D eigenvalue weighted by atomic mass is 32.2. The third-order valence-corrected chi connectivity index (χ3v) is 6.36. The lowest BCUT2D eigenvalue weighted by Crippen LogP contribution is -2.58. The van der Waals surface area contributed by atoms with Crippen LogP contribution in [-0.2, 0) is 15.0 Å². The molecule has 7 nitrogen and oxygen atoms in total. The zero-order chi connectivity index (χ0) is 15.6. The van der Waals surface area contributed by atoms with E-state index in [0.717, 1.165) is 6.42 Å². The van der Waals surface area contributed by atoms with Crippen molar-refractivity contribution in [3.63, 3.8) is 0 Å². The number of likely N-dealkylation sites (tertiary alicyclic amines) is 1. The van der Waals surface area contributed by atoms with Crippen molar-refractivity contribution < 1.29 is 18.3 Å². The van der Waals surface area contributed by atoms with Crippen molar-refractivity contribution in [2.24, 2.45) is 5.92 Å². The van der Waals surface area contributed by atoms with E-state index in [1.807, 2.05) is 4.90 Å². The lowest BCUT2D eigenvalue weighted by molar-refractivity contribution is -0.140. The summed E-state index contributed by atoms with van der Waals surface area (Å²) in [5, 5.41) is 8.96. The number of hydrogen-bond acceptors (Lipinski definition) is 4. The highest BCUT2D eigenvalue weighted by Crippen LogP contribution is 2.32. The van der Waals surface area contributed by atoms with Gasteiger partial charge in [-0.25, -0.2) is 0 Å². The monoisotopic (exact) mass is 319 g/mol. The van der Waals surface area contributed by atoms with Crippen LogP contribution in [-0.4, -0.2) is 79.3 Å². The molecule has 8 heteroatoms. The van der Waals surface area contributed by atoms with E-state index < -0.39 is 10.2 Å². The Morgan fingerprint density at radius 2 is 2.05 bits per heavy atom. The number of carbonyl (C=O) groups is 1. The molecule has 2 heterocycles. The summed E-state index contributed by atoms with van der Waals surface area (Å²) in [4.78, 5) is 13.9. The third-order valence-electron chi connectivity index (χ3n) is 4.45. The summed E-state index contributed by atoms with van der Waals surface area (Å²) in [6.45, 7) is 1.57. The van der Waals surface area contributed by atoms with Crippen molar-refractivity contribution in [2.75, 3.05) is 40.3 Å². The van der Waals surface area contributed by atoms with Gasteiger partial charge in [0.05, 0.1) is 0 Å². The molecule has 2 saturated heterocycles. The fourth-order valence-corrected chi connectivity index (χ4v) is 4.47. The quantitative estimate of drug-likeness (QED) is 0.740. The van der Waals surface area contributed by atoms with Crippen LogP contribution in [0.3, 0.4) is 0 Å². The molecular weight excluding hydrogens is 294 g/mol. The van der Waals surface area contributed by atoms with Crippen LogP contribution in [0.15, 0.2) is 0 Å². The second kappa shape index (κ2) is 6.60. The van der Waals surface area contributed by atoms with E-state index in [4.69, 9.17) is 5.11 Å². The summed E-state index contributed by atoms with van der Waals surface area (Å²) < 4.78 is 27.2. The van der Waals surface area contributed by atoms with Gasteiger partial charge in [0.2, 0.25) is 5.91 Å². The molecule has 0 radical (unpaired) electrons. The molecule has 0 aliphatic carbocycles. The Kier molecular flexibility index (Phi) is 5.24. The first-order valence-electron chi connectivity index (χ1n) is 7.46. The van der Waals surface area contributed by atoms with Gasteiger partial charge in [-0.15, -0.1) is 0 Å². The van der Waals surface area contributed by atoms with Crippen LogP contribution in [0.4, 0.5) is 0 Å². The lowest BCUT2D eigenvalue weighted by Gasteiger charge is -2.46. The molecular formula is C13H25N3O4S. The molecule has 2 aliphatic rings. The fourth-order valence-electron chi connectivity index (χ4n) is 3.29. The number of rotatable bonds is 5. The summed E-state index contributed by atoms with van der Waals surface area (Å²) in [5.41, 5.74) is 0. The highest BCUT2D eigenvalue weighted by Gasteiger charge is 2.42. The van der Waals surface area contributed by atoms with Gasteiger partial charge in [-0.05, 0) is 25.2 Å². The SMILES string of the molecule is CN(C)S(=O)(=O)N1CC[C@@H]2[C@@H](CCC(=O)N2CCCO)C1. The average molecular weight is 319 g/mol. The number of amides is 1. The maximum Gasteiger partial charge on any atom is 0.281 e. The summed E-state index contributed by atoms with van der Waals surface area (Å²) in [5.74, 6) is 0.332. The van der Waals surface area contributed by atoms with Crippen LogP contribution in [0.5, 0.6) is 0 Å². The minimum absolute atomic E-state index is 0.0717. The van der Waals surface area contributed by atoms with E-state index in [-0.39, 0.29) is 24.5 Å². The van der Waals surface area contributed by atoms with Crippen molar-refractivity contribution in [3.05, 3.63) is 0 Å². The van der Waals surface area contributed by atoms with Gasteiger partial charge in [0.1, 0.15) is 0 Å². The Bertz CT molecular complexity index is 480. The molecule has 21 heavy (non-hydrogen) atoms. The first-order valence-corrected chi connectivity index (χ1v) is 8.85. The van der Waals surface area contributed by atoms with E-state index >= 15 is 0 Å². The van der Waals surface area contributed by atoms with Crippen LogP contribution >= 0.6 is 0 Å². The number of aliphatic hydroxyl groups is 1. The highest BCUT2D eigenvalue weighted by molar-refractivity contribution is 7.86. The van der Waals surface area contributed by atoms with Gasteiger partial charge in [0.15, 0.2) is 0 Å². The number of piperidine rings is 2. The largest absolute Gasteiger partial charge is 0.396 e. The molecule has 0 spiro atoms. The normalized spacial score (nSPS) is 28.0. The zero-order valence-corrected chi connectivity index (χ0v) is 13.5. The summed E-state index contributed by atoms with van der Waals surface area (Å²) >= 11 is 0. The molecule has 0 aromatic carbocycles. The molecule has 0 aromatic heterocycles. The Hall–Kier alpha value is -0.700. The van der Waals surface area contributed by atoms with Gasteiger partial charge in [-0.1, -0.05) is 0 Å². The van der Waals surface area contributed by atoms with Crippen LogP contribution < -0.4 is 0 Å². The minimum Gasteiger partial charge on any atom is -0.396 e. The summed E-state index contributed by atoms with van der Waals surface area (Å²) in [6.07, 6.45) is 2.48. The van der Waals surface area contributed by atoms with Crippen LogP contribution in [0.2, 0.25) is 0 Å². The third kappa shape index (κ3) is 3.39. The Morgan fingerprint density at radius 1 is 1.33 bits per heavy atom. The topological polar surface area (TPSA) is 81.2 Å². The van der Waals surface area contributed by atoms with Crippen LogP contribution in [0.25, 0.3) is 0 Å². The van der Waals surface area contributed by atoms with Gasteiger partial charge in [-0.3, -0.25) is 4.79 Å². The van der Waals surface area contributed by atoms with Gasteiger partial charge >= 0.3 is 0 Å². The van der Waals surface area contributed by atoms with Gasteiger partial charge in [0, 0.05) is 52.8 Å². The number of aliphatic hydroxyl groups excluding tert-OH is 1. The first kappa shape index (κ1) is 16.7. The second-order valence-corrected chi connectivity index (χ2v) is 8.11. The second-order valence-electron chi connectivity index (χ2n) is 5.97. The molecule has 2 aliphatic heterocycles. The van der Waals surface area contributed by atoms with Gasteiger partial charge < -0.3 is 10.0 Å². The Morgan fingerprint density at radius 3 is 2.67 bits per heavy atom. The molecule has 1 N–H and O–H groups in total. The lowest BCUT2D eigenvalue weighted by atomic mass is 9.84. The van der Waals surface area contributed by atoms with Crippen LogP contribution in [0.1, 0.15) is 25.7 Å². The predicted octanol–water partition coefficient (Wildman–Crippen LogP) is -0.512. The number of nitrogens with zero attached hydrogens (tertiary/aromatic N) is 3. The average Bonchev–Trinajstić information content (AvgIpc) is 2.45. The predicted molar refractivity (Wildman–Crippen MR) is 78.7 cm³/mol. The van der Waals surface area contributed by atoms with Gasteiger partial charge in [-0.2, -0.15) is 17.0 Å². The smallest absolute Gasteiger partial charge is 0.281 e. The molecule has 122 valence electrons. The van der Waals surface area contributed by atoms with Crippen molar-refractivity contribution >= 4 is 16.1 Å². The molecule has 2 fully saturated rings. The van der Waals surface area contributed by atoms with E-state index in [1.54, 1.807) is 14.1 Å². The van der Waals surface area contributed by atoms with E-state index in [2.05, 4.69) is 0 Å². The molecule has 0 aromatic rings. The molecule has 1 amide bonds. The number of hydrogen-bond donors (Lipinski definition) is 1. The van der Waals surface area contributed by atoms with Crippen molar-refractivity contribution in [3.8, 4) is 0 Å². The standard InChI is InChI=1S/C13H25N3O4S/c1-14(2)21(19,20)15-8-6-12-11(10-15)4-5-13(18)16(12)7-3-9-17/h11-12,17H,3-10H2,1-2H3/t11-,12+/m0/s1. The number of fused-ring (bicyclic) bond motifs is 1. The molecule has 0 saturated carbocycles. The first-order chi connectivity index (χ1) is 9.87. The van der Waals surface area contributed by atoms with Gasteiger partial charge in [0.25, 0.3) is 10.2 Å². The molecule has 0 bridgehead atoms. The summed E-state index contributed by atoms with van der Waals surface area (Å²) in [7, 11) is -0.293. The minimum atomic E-state index is -3.38. The molecule has 2 rings (SSSR count). The maximum absolute atomic E-state index is 12.2. The van der Waals surface area contributed by atoms with E-state index in [1.165, 1.54) is 8.61 Å². The van der Waals surface area contributed by atoms with E-state index in [0.29, 0.717) is 38.9 Å². The van der Waals surface area contributed by atoms with Crippen molar-refractivity contribution in [1.82, 2.24) is 13.5 Å². The summed E-state index contributed by atoms with van der Waals surface area (Å²) in [6, 6.07) is 0.117. The van der Waals surface area contributed by atoms with Crippen molar-refractivity contribution in [1.29, 1.82) is 0 Å². The Balaban J connectivity index is 2.07.